The molecule has 1 unspecified atom stereocenters. The molecule has 1 aromatic rings. The van der Waals surface area contributed by atoms with Crippen LogP contribution in [0.4, 0.5) is 5.69 Å². The van der Waals surface area contributed by atoms with Crippen molar-refractivity contribution >= 4 is 35.2 Å². The molecule has 2 N–H and O–H groups in total. The summed E-state index contributed by atoms with van der Waals surface area (Å²) in [6.07, 6.45) is 2.91. The standard InChI is InChI=1S/C19H24N2O5S/c1-27-15-4-2-14(3-5-15)21-12-13(10-16(21)22)18(25)20-19(11-17(23)24)6-8-26-9-7-19/h2-5,13H,6-12H2,1H3,(H,20,25)(H,23,24). The first-order valence-electron chi connectivity index (χ1n) is 8.98. The zero-order chi connectivity index (χ0) is 19.4. The van der Waals surface area contributed by atoms with E-state index < -0.39 is 17.4 Å². The lowest BCUT2D eigenvalue weighted by Crippen LogP contribution is -2.54. The second-order valence-electron chi connectivity index (χ2n) is 7.06. The van der Waals surface area contributed by atoms with E-state index in [0.29, 0.717) is 32.6 Å². The number of thioether (sulfide) groups is 1. The lowest BCUT2D eigenvalue weighted by Gasteiger charge is -2.37. The van der Waals surface area contributed by atoms with E-state index in [-0.39, 0.29) is 24.7 Å². The Labute approximate surface area is 162 Å². The van der Waals surface area contributed by atoms with E-state index in [0.717, 1.165) is 10.6 Å². The highest BCUT2D eigenvalue weighted by atomic mass is 32.2. The van der Waals surface area contributed by atoms with Crippen molar-refractivity contribution in [2.75, 3.05) is 30.9 Å². The number of ether oxygens (including phenoxy) is 1. The van der Waals surface area contributed by atoms with Gasteiger partial charge in [-0.05, 0) is 43.4 Å². The lowest BCUT2D eigenvalue weighted by atomic mass is 9.85. The van der Waals surface area contributed by atoms with Crippen molar-refractivity contribution in [3.05, 3.63) is 24.3 Å². The Kier molecular flexibility index (Phi) is 6.06. The molecule has 0 aliphatic carbocycles. The van der Waals surface area contributed by atoms with Gasteiger partial charge in [-0.3, -0.25) is 14.4 Å². The van der Waals surface area contributed by atoms with Gasteiger partial charge in [0.15, 0.2) is 0 Å². The Morgan fingerprint density at radius 1 is 1.30 bits per heavy atom. The Hall–Kier alpha value is -2.06. The van der Waals surface area contributed by atoms with Gasteiger partial charge in [-0.15, -0.1) is 11.8 Å². The van der Waals surface area contributed by atoms with Crippen molar-refractivity contribution in [1.82, 2.24) is 5.32 Å². The van der Waals surface area contributed by atoms with Crippen LogP contribution < -0.4 is 10.2 Å². The van der Waals surface area contributed by atoms with Gasteiger partial charge in [0, 0.05) is 36.8 Å². The number of benzene rings is 1. The topological polar surface area (TPSA) is 95.9 Å². The Bertz CT molecular complexity index is 715. The molecule has 2 heterocycles. The third-order valence-electron chi connectivity index (χ3n) is 5.21. The predicted molar refractivity (Wildman–Crippen MR) is 102 cm³/mol. The molecule has 2 fully saturated rings. The van der Waals surface area contributed by atoms with Gasteiger partial charge in [0.05, 0.1) is 17.9 Å². The molecule has 1 aromatic carbocycles. The van der Waals surface area contributed by atoms with Crippen molar-refractivity contribution in [3.8, 4) is 0 Å². The molecule has 7 nitrogen and oxygen atoms in total. The highest BCUT2D eigenvalue weighted by molar-refractivity contribution is 7.98. The highest BCUT2D eigenvalue weighted by Gasteiger charge is 2.41. The molecule has 2 saturated heterocycles. The number of rotatable bonds is 6. The second kappa shape index (κ2) is 8.31. The van der Waals surface area contributed by atoms with Crippen molar-refractivity contribution in [1.29, 1.82) is 0 Å². The fourth-order valence-electron chi connectivity index (χ4n) is 3.66. The van der Waals surface area contributed by atoms with Crippen LogP contribution in [0.3, 0.4) is 0 Å². The summed E-state index contributed by atoms with van der Waals surface area (Å²) in [5.41, 5.74) is -0.0168. The fourth-order valence-corrected chi connectivity index (χ4v) is 4.06. The summed E-state index contributed by atoms with van der Waals surface area (Å²) in [7, 11) is 0. The highest BCUT2D eigenvalue weighted by Crippen LogP contribution is 2.29. The van der Waals surface area contributed by atoms with E-state index in [9.17, 15) is 19.5 Å². The van der Waals surface area contributed by atoms with E-state index in [1.165, 1.54) is 0 Å². The van der Waals surface area contributed by atoms with E-state index in [1.807, 2.05) is 30.5 Å². The molecular formula is C19H24N2O5S. The number of amides is 2. The molecular weight excluding hydrogens is 368 g/mol. The zero-order valence-corrected chi connectivity index (χ0v) is 16.1. The monoisotopic (exact) mass is 392 g/mol. The Morgan fingerprint density at radius 2 is 1.96 bits per heavy atom. The molecule has 3 rings (SSSR count). The van der Waals surface area contributed by atoms with Gasteiger partial charge >= 0.3 is 5.97 Å². The van der Waals surface area contributed by atoms with Crippen LogP contribution in [0.2, 0.25) is 0 Å². The third kappa shape index (κ3) is 4.62. The molecule has 0 aromatic heterocycles. The predicted octanol–water partition coefficient (Wildman–Crippen LogP) is 1.90. The van der Waals surface area contributed by atoms with Gasteiger partial charge in [0.25, 0.3) is 0 Å². The van der Waals surface area contributed by atoms with E-state index in [1.54, 1.807) is 16.7 Å². The molecule has 0 spiro atoms. The van der Waals surface area contributed by atoms with Crippen LogP contribution in [0.15, 0.2) is 29.2 Å². The molecule has 0 saturated carbocycles. The number of aliphatic carboxylic acids is 1. The summed E-state index contributed by atoms with van der Waals surface area (Å²) in [6, 6.07) is 7.66. The number of carboxylic acid groups (broad SMARTS) is 1. The molecule has 2 aliphatic rings. The number of carboxylic acids is 1. The van der Waals surface area contributed by atoms with Crippen LogP contribution in [-0.2, 0) is 19.1 Å². The van der Waals surface area contributed by atoms with Crippen LogP contribution >= 0.6 is 11.8 Å². The van der Waals surface area contributed by atoms with Gasteiger partial charge < -0.3 is 20.1 Å². The van der Waals surface area contributed by atoms with Gasteiger partial charge in [0.1, 0.15) is 0 Å². The maximum absolute atomic E-state index is 12.8. The SMILES string of the molecule is CSc1ccc(N2CC(C(=O)NC3(CC(=O)O)CCOCC3)CC2=O)cc1. The molecule has 27 heavy (non-hydrogen) atoms. The van der Waals surface area contributed by atoms with Gasteiger partial charge in [-0.25, -0.2) is 0 Å². The van der Waals surface area contributed by atoms with Crippen molar-refractivity contribution in [2.45, 2.75) is 36.1 Å². The van der Waals surface area contributed by atoms with E-state index >= 15 is 0 Å². The average molecular weight is 392 g/mol. The summed E-state index contributed by atoms with van der Waals surface area (Å²) >= 11 is 1.62. The number of anilines is 1. The lowest BCUT2D eigenvalue weighted by molar-refractivity contribution is -0.141. The minimum absolute atomic E-state index is 0.0914. The van der Waals surface area contributed by atoms with Crippen LogP contribution in [0, 0.1) is 5.92 Å². The Balaban J connectivity index is 1.68. The van der Waals surface area contributed by atoms with Crippen molar-refractivity contribution in [2.24, 2.45) is 5.92 Å². The summed E-state index contributed by atoms with van der Waals surface area (Å²) in [4.78, 5) is 39.2. The molecule has 8 heteroatoms. The van der Waals surface area contributed by atoms with Gasteiger partial charge in [-0.1, -0.05) is 0 Å². The molecule has 2 amide bonds. The maximum Gasteiger partial charge on any atom is 0.305 e. The maximum atomic E-state index is 12.8. The van der Waals surface area contributed by atoms with Crippen LogP contribution in [0.5, 0.6) is 0 Å². The van der Waals surface area contributed by atoms with Gasteiger partial charge in [0.2, 0.25) is 11.8 Å². The molecule has 2 aliphatic heterocycles. The van der Waals surface area contributed by atoms with Crippen LogP contribution in [0.1, 0.15) is 25.7 Å². The van der Waals surface area contributed by atoms with Crippen LogP contribution in [-0.4, -0.2) is 54.4 Å². The molecule has 1 atom stereocenters. The molecule has 0 radical (unpaired) electrons. The summed E-state index contributed by atoms with van der Waals surface area (Å²) in [5, 5.41) is 12.2. The second-order valence-corrected chi connectivity index (χ2v) is 7.94. The largest absolute Gasteiger partial charge is 0.481 e. The van der Waals surface area contributed by atoms with Gasteiger partial charge in [-0.2, -0.15) is 0 Å². The third-order valence-corrected chi connectivity index (χ3v) is 5.95. The van der Waals surface area contributed by atoms with E-state index in [4.69, 9.17) is 4.74 Å². The first kappa shape index (κ1) is 19.7. The number of hydrogen-bond donors (Lipinski definition) is 2. The van der Waals surface area contributed by atoms with E-state index in [2.05, 4.69) is 5.32 Å². The van der Waals surface area contributed by atoms with Crippen LogP contribution in [0.25, 0.3) is 0 Å². The summed E-state index contributed by atoms with van der Waals surface area (Å²) in [5.74, 6) is -1.78. The smallest absolute Gasteiger partial charge is 0.305 e. The summed E-state index contributed by atoms with van der Waals surface area (Å²) < 4.78 is 5.32. The van der Waals surface area contributed by atoms with Crippen molar-refractivity contribution in [3.63, 3.8) is 0 Å². The number of carbonyl (C=O) groups excluding carboxylic acids is 2. The number of carbonyl (C=O) groups is 3. The molecule has 0 bridgehead atoms. The molecule has 146 valence electrons. The Morgan fingerprint density at radius 3 is 2.56 bits per heavy atom. The number of nitrogens with one attached hydrogen (secondary N) is 1. The number of nitrogens with zero attached hydrogens (tertiary/aromatic N) is 1. The summed E-state index contributed by atoms with van der Waals surface area (Å²) in [6.45, 7) is 1.15. The number of hydrogen-bond acceptors (Lipinski definition) is 5. The minimum Gasteiger partial charge on any atom is -0.481 e. The van der Waals surface area contributed by atoms with Crippen molar-refractivity contribution < 1.29 is 24.2 Å². The normalized spacial score (nSPS) is 21.9. The minimum atomic E-state index is -0.949. The average Bonchev–Trinajstić information content (AvgIpc) is 3.04. The first-order valence-corrected chi connectivity index (χ1v) is 10.2. The first-order chi connectivity index (χ1) is 12.9. The fraction of sp³-hybridized carbons (Fsp3) is 0.526. The quantitative estimate of drug-likeness (QED) is 0.718. The zero-order valence-electron chi connectivity index (χ0n) is 15.3.